The Bertz CT molecular complexity index is 356. The van der Waals surface area contributed by atoms with Gasteiger partial charge in [0.25, 0.3) is 0 Å². The fourth-order valence-corrected chi connectivity index (χ4v) is 2.05. The Hall–Kier alpha value is -0.740. The van der Waals surface area contributed by atoms with Crippen molar-refractivity contribution >= 4 is 15.9 Å². The number of halogens is 1. The molecule has 0 unspecified atom stereocenters. The number of hydrogen-bond acceptors (Lipinski definition) is 3. The highest BCUT2D eigenvalue weighted by Gasteiger charge is 2.13. The van der Waals surface area contributed by atoms with Gasteiger partial charge in [-0.05, 0) is 32.0 Å². The third-order valence-corrected chi connectivity index (χ3v) is 3.15. The summed E-state index contributed by atoms with van der Waals surface area (Å²) >= 11 is 3.56. The molecule has 1 N–H and O–H groups in total. The van der Waals surface area contributed by atoms with E-state index in [1.807, 2.05) is 19.1 Å². The summed E-state index contributed by atoms with van der Waals surface area (Å²) in [4.78, 5) is 0. The molecule has 0 saturated heterocycles. The first-order valence-electron chi connectivity index (χ1n) is 5.93. The molecule has 4 heteroatoms. The average Bonchev–Trinajstić information content (AvgIpc) is 2.33. The molecule has 1 aromatic carbocycles. The molecular weight excluding hydrogens is 282 g/mol. The Morgan fingerprint density at radius 1 is 1.29 bits per heavy atom. The van der Waals surface area contributed by atoms with Gasteiger partial charge in [0.05, 0.1) is 13.7 Å². The minimum Gasteiger partial charge on any atom is -0.493 e. The van der Waals surface area contributed by atoms with Crippen LogP contribution in [0.25, 0.3) is 0 Å². The van der Waals surface area contributed by atoms with Gasteiger partial charge in [-0.3, -0.25) is 0 Å². The minimum absolute atomic E-state index is 0.633. The van der Waals surface area contributed by atoms with Crippen LogP contribution in [-0.4, -0.2) is 20.3 Å². The van der Waals surface area contributed by atoms with Gasteiger partial charge >= 0.3 is 0 Å². The minimum atomic E-state index is 0.633. The number of rotatable bonds is 7. The van der Waals surface area contributed by atoms with Gasteiger partial charge < -0.3 is 14.8 Å². The SMILES string of the molecule is CCCNCc1c(Br)ccc(OC)c1OCC. The molecule has 0 radical (unpaired) electrons. The zero-order chi connectivity index (χ0) is 12.7. The van der Waals surface area contributed by atoms with E-state index in [1.165, 1.54) is 0 Å². The molecule has 0 fully saturated rings. The second kappa shape index (κ2) is 7.56. The molecule has 17 heavy (non-hydrogen) atoms. The topological polar surface area (TPSA) is 30.5 Å². The van der Waals surface area contributed by atoms with Gasteiger partial charge in [0.15, 0.2) is 11.5 Å². The molecule has 0 heterocycles. The summed E-state index contributed by atoms with van der Waals surface area (Å²) < 4.78 is 12.0. The highest BCUT2D eigenvalue weighted by atomic mass is 79.9. The molecule has 1 rings (SSSR count). The molecule has 96 valence electrons. The second-order valence-corrected chi connectivity index (χ2v) is 4.52. The molecule has 0 aliphatic rings. The largest absolute Gasteiger partial charge is 0.493 e. The van der Waals surface area contributed by atoms with Crippen LogP contribution in [0.15, 0.2) is 16.6 Å². The van der Waals surface area contributed by atoms with Crippen LogP contribution < -0.4 is 14.8 Å². The summed E-state index contributed by atoms with van der Waals surface area (Å²) in [7, 11) is 1.66. The first-order chi connectivity index (χ1) is 8.24. The number of hydrogen-bond donors (Lipinski definition) is 1. The molecule has 0 amide bonds. The van der Waals surface area contributed by atoms with Crippen LogP contribution in [-0.2, 0) is 6.54 Å². The van der Waals surface area contributed by atoms with Gasteiger partial charge in [-0.1, -0.05) is 22.9 Å². The predicted molar refractivity (Wildman–Crippen MR) is 73.9 cm³/mol. The van der Waals surface area contributed by atoms with Crippen molar-refractivity contribution in [2.45, 2.75) is 26.8 Å². The van der Waals surface area contributed by atoms with Crippen LogP contribution in [0.3, 0.4) is 0 Å². The van der Waals surface area contributed by atoms with Gasteiger partial charge in [0.1, 0.15) is 0 Å². The lowest BCUT2D eigenvalue weighted by Gasteiger charge is -2.16. The van der Waals surface area contributed by atoms with E-state index < -0.39 is 0 Å². The second-order valence-electron chi connectivity index (χ2n) is 3.67. The maximum Gasteiger partial charge on any atom is 0.166 e. The Morgan fingerprint density at radius 2 is 2.06 bits per heavy atom. The van der Waals surface area contributed by atoms with Crippen molar-refractivity contribution < 1.29 is 9.47 Å². The van der Waals surface area contributed by atoms with Gasteiger partial charge in [-0.25, -0.2) is 0 Å². The van der Waals surface area contributed by atoms with Crippen LogP contribution in [0.2, 0.25) is 0 Å². The van der Waals surface area contributed by atoms with Gasteiger partial charge in [0, 0.05) is 16.6 Å². The Morgan fingerprint density at radius 3 is 2.65 bits per heavy atom. The summed E-state index contributed by atoms with van der Waals surface area (Å²) in [6, 6.07) is 3.91. The molecule has 0 bridgehead atoms. The average molecular weight is 302 g/mol. The van der Waals surface area contributed by atoms with Crippen LogP contribution in [0.4, 0.5) is 0 Å². The molecular formula is C13H20BrNO2. The summed E-state index contributed by atoms with van der Waals surface area (Å²) in [6.07, 6.45) is 1.12. The van der Waals surface area contributed by atoms with Crippen LogP contribution in [0.1, 0.15) is 25.8 Å². The van der Waals surface area contributed by atoms with Crippen molar-refractivity contribution in [1.82, 2.24) is 5.32 Å². The fraction of sp³-hybridized carbons (Fsp3) is 0.538. The smallest absolute Gasteiger partial charge is 0.166 e. The number of nitrogens with one attached hydrogen (secondary N) is 1. The van der Waals surface area contributed by atoms with E-state index in [2.05, 4.69) is 28.2 Å². The lowest BCUT2D eigenvalue weighted by atomic mass is 10.2. The lowest BCUT2D eigenvalue weighted by Crippen LogP contribution is -2.15. The standard InChI is InChI=1S/C13H20BrNO2/c1-4-8-15-9-10-11(14)6-7-12(16-3)13(10)17-5-2/h6-7,15H,4-5,8-9H2,1-3H3. The molecule has 3 nitrogen and oxygen atoms in total. The Kier molecular flexibility index (Phi) is 6.37. The molecule has 0 aliphatic heterocycles. The fourth-order valence-electron chi connectivity index (χ4n) is 1.60. The molecule has 0 aromatic heterocycles. The third-order valence-electron chi connectivity index (χ3n) is 2.40. The van der Waals surface area contributed by atoms with Crippen molar-refractivity contribution in [1.29, 1.82) is 0 Å². The molecule has 0 atom stereocenters. The van der Waals surface area contributed by atoms with E-state index in [0.717, 1.165) is 41.0 Å². The summed E-state index contributed by atoms with van der Waals surface area (Å²) in [5.41, 5.74) is 1.11. The number of benzene rings is 1. The lowest BCUT2D eigenvalue weighted by molar-refractivity contribution is 0.306. The Balaban J connectivity index is 2.96. The van der Waals surface area contributed by atoms with Crippen molar-refractivity contribution in [2.24, 2.45) is 0 Å². The monoisotopic (exact) mass is 301 g/mol. The van der Waals surface area contributed by atoms with E-state index in [0.29, 0.717) is 6.61 Å². The summed E-state index contributed by atoms with van der Waals surface area (Å²) in [5.74, 6) is 1.61. The van der Waals surface area contributed by atoms with Gasteiger partial charge in [-0.2, -0.15) is 0 Å². The van der Waals surface area contributed by atoms with E-state index in [4.69, 9.17) is 9.47 Å². The highest BCUT2D eigenvalue weighted by molar-refractivity contribution is 9.10. The van der Waals surface area contributed by atoms with Crippen molar-refractivity contribution in [3.63, 3.8) is 0 Å². The quantitative estimate of drug-likeness (QED) is 0.784. The summed E-state index contributed by atoms with van der Waals surface area (Å²) in [5, 5.41) is 3.38. The van der Waals surface area contributed by atoms with E-state index in [1.54, 1.807) is 7.11 Å². The van der Waals surface area contributed by atoms with E-state index in [9.17, 15) is 0 Å². The summed E-state index contributed by atoms with van der Waals surface area (Å²) in [6.45, 7) is 6.53. The molecule has 0 saturated carbocycles. The van der Waals surface area contributed by atoms with E-state index in [-0.39, 0.29) is 0 Å². The Labute approximate surface area is 112 Å². The number of methoxy groups -OCH3 is 1. The van der Waals surface area contributed by atoms with E-state index >= 15 is 0 Å². The van der Waals surface area contributed by atoms with Crippen LogP contribution >= 0.6 is 15.9 Å². The molecule has 1 aromatic rings. The maximum atomic E-state index is 5.68. The van der Waals surface area contributed by atoms with Crippen LogP contribution in [0, 0.1) is 0 Å². The van der Waals surface area contributed by atoms with Gasteiger partial charge in [-0.15, -0.1) is 0 Å². The van der Waals surface area contributed by atoms with Crippen molar-refractivity contribution in [3.8, 4) is 11.5 Å². The highest BCUT2D eigenvalue weighted by Crippen LogP contribution is 2.36. The normalized spacial score (nSPS) is 10.4. The third kappa shape index (κ3) is 3.89. The van der Waals surface area contributed by atoms with Crippen molar-refractivity contribution in [2.75, 3.05) is 20.3 Å². The first kappa shape index (κ1) is 14.3. The molecule has 0 aliphatic carbocycles. The first-order valence-corrected chi connectivity index (χ1v) is 6.72. The predicted octanol–water partition coefficient (Wildman–Crippen LogP) is 3.36. The number of ether oxygens (including phenoxy) is 2. The van der Waals surface area contributed by atoms with Crippen molar-refractivity contribution in [3.05, 3.63) is 22.2 Å². The van der Waals surface area contributed by atoms with Gasteiger partial charge in [0.2, 0.25) is 0 Å². The maximum absolute atomic E-state index is 5.68. The zero-order valence-electron chi connectivity index (χ0n) is 10.7. The van der Waals surface area contributed by atoms with Crippen LogP contribution in [0.5, 0.6) is 11.5 Å². The molecule has 0 spiro atoms. The zero-order valence-corrected chi connectivity index (χ0v) is 12.3.